The molecule has 1 aliphatic carbocycles. The highest BCUT2D eigenvalue weighted by Gasteiger charge is 2.29. The molecule has 114 valence electrons. The summed E-state index contributed by atoms with van der Waals surface area (Å²) in [5.41, 5.74) is -0.269. The van der Waals surface area contributed by atoms with E-state index in [2.05, 4.69) is 19.2 Å². The Morgan fingerprint density at radius 3 is 2.62 bits per heavy atom. The van der Waals surface area contributed by atoms with E-state index in [-0.39, 0.29) is 17.2 Å². The number of hydrogen-bond acceptors (Lipinski definition) is 2. The van der Waals surface area contributed by atoms with Gasteiger partial charge in [-0.05, 0) is 36.5 Å². The number of carboxylic acid groups (broad SMARTS) is 1. The maximum Gasteiger partial charge on any atom is 0.335 e. The number of carboxylic acids is 1. The van der Waals surface area contributed by atoms with Crippen LogP contribution in [-0.4, -0.2) is 23.0 Å². The zero-order chi connectivity index (χ0) is 15.6. The molecule has 0 bridgehead atoms. The van der Waals surface area contributed by atoms with Crippen molar-refractivity contribution in [1.29, 1.82) is 0 Å². The van der Waals surface area contributed by atoms with Gasteiger partial charge < -0.3 is 10.4 Å². The fourth-order valence-corrected chi connectivity index (χ4v) is 2.86. The molecule has 5 heteroatoms. The second-order valence-electron chi connectivity index (χ2n) is 5.85. The molecule has 0 aliphatic heterocycles. The fourth-order valence-electron chi connectivity index (χ4n) is 2.86. The molecule has 0 radical (unpaired) electrons. The summed E-state index contributed by atoms with van der Waals surface area (Å²) in [5.74, 6) is -1.61. The van der Waals surface area contributed by atoms with Crippen LogP contribution in [0.2, 0.25) is 0 Å². The van der Waals surface area contributed by atoms with Crippen molar-refractivity contribution in [2.24, 2.45) is 11.8 Å². The topological polar surface area (TPSA) is 66.4 Å². The quantitative estimate of drug-likeness (QED) is 0.900. The van der Waals surface area contributed by atoms with Crippen LogP contribution in [0.5, 0.6) is 0 Å². The zero-order valence-corrected chi connectivity index (χ0v) is 12.2. The molecule has 21 heavy (non-hydrogen) atoms. The van der Waals surface area contributed by atoms with E-state index in [1.165, 1.54) is 12.1 Å². The summed E-state index contributed by atoms with van der Waals surface area (Å²) < 4.78 is 13.9. The summed E-state index contributed by atoms with van der Waals surface area (Å²) in [6, 6.07) is 3.39. The molecule has 0 aromatic heterocycles. The lowest BCUT2D eigenvalue weighted by Gasteiger charge is -2.34. The van der Waals surface area contributed by atoms with Gasteiger partial charge >= 0.3 is 5.97 Å². The van der Waals surface area contributed by atoms with Crippen molar-refractivity contribution < 1.29 is 19.1 Å². The van der Waals surface area contributed by atoms with Gasteiger partial charge in [0, 0.05) is 6.04 Å². The molecule has 1 aromatic rings. The molecular formula is C16H20FNO3. The standard InChI is InChI=1S/C16H20FNO3/c1-9-4-3-5-14(10(9)2)18-15(19)12-7-6-11(16(20)21)8-13(12)17/h6-10,14H,3-5H2,1-2H3,(H,18,19)(H,20,21). The van der Waals surface area contributed by atoms with Crippen LogP contribution in [0.3, 0.4) is 0 Å². The minimum Gasteiger partial charge on any atom is -0.478 e. The van der Waals surface area contributed by atoms with Crippen molar-refractivity contribution >= 4 is 11.9 Å². The van der Waals surface area contributed by atoms with Gasteiger partial charge in [0.1, 0.15) is 5.82 Å². The second kappa shape index (κ2) is 6.24. The van der Waals surface area contributed by atoms with Crippen molar-refractivity contribution in [3.63, 3.8) is 0 Å². The Kier molecular flexibility index (Phi) is 4.60. The van der Waals surface area contributed by atoms with Crippen molar-refractivity contribution in [3.8, 4) is 0 Å². The van der Waals surface area contributed by atoms with Crippen LogP contribution in [0.15, 0.2) is 18.2 Å². The zero-order valence-electron chi connectivity index (χ0n) is 12.2. The number of halogens is 1. The number of carbonyl (C=O) groups is 2. The van der Waals surface area contributed by atoms with Gasteiger partial charge in [-0.2, -0.15) is 0 Å². The first-order valence-electron chi connectivity index (χ1n) is 7.24. The van der Waals surface area contributed by atoms with Crippen LogP contribution >= 0.6 is 0 Å². The van der Waals surface area contributed by atoms with E-state index in [4.69, 9.17) is 5.11 Å². The number of benzene rings is 1. The van der Waals surface area contributed by atoms with Crippen molar-refractivity contribution in [2.45, 2.75) is 39.2 Å². The highest BCUT2D eigenvalue weighted by Crippen LogP contribution is 2.29. The number of hydrogen-bond donors (Lipinski definition) is 2. The minimum absolute atomic E-state index is 0.0415. The smallest absolute Gasteiger partial charge is 0.335 e. The van der Waals surface area contributed by atoms with E-state index < -0.39 is 17.7 Å². The molecular weight excluding hydrogens is 273 g/mol. The first kappa shape index (κ1) is 15.5. The summed E-state index contributed by atoms with van der Waals surface area (Å²) in [6.07, 6.45) is 3.10. The summed E-state index contributed by atoms with van der Waals surface area (Å²) >= 11 is 0. The summed E-state index contributed by atoms with van der Waals surface area (Å²) in [7, 11) is 0. The van der Waals surface area contributed by atoms with Gasteiger partial charge in [-0.3, -0.25) is 4.79 Å². The molecule has 1 aliphatic rings. The third-order valence-corrected chi connectivity index (χ3v) is 4.48. The van der Waals surface area contributed by atoms with Gasteiger partial charge in [-0.1, -0.05) is 26.7 Å². The van der Waals surface area contributed by atoms with Crippen molar-refractivity contribution in [1.82, 2.24) is 5.32 Å². The lowest BCUT2D eigenvalue weighted by molar-refractivity contribution is 0.0695. The Bertz CT molecular complexity index is 558. The fraction of sp³-hybridized carbons (Fsp3) is 0.500. The SMILES string of the molecule is CC1CCCC(NC(=O)c2ccc(C(=O)O)cc2F)C1C. The molecule has 3 atom stereocenters. The molecule has 4 nitrogen and oxygen atoms in total. The molecule has 0 heterocycles. The Balaban J connectivity index is 2.11. The van der Waals surface area contributed by atoms with Gasteiger partial charge in [-0.15, -0.1) is 0 Å². The van der Waals surface area contributed by atoms with E-state index in [1.807, 2.05) is 0 Å². The van der Waals surface area contributed by atoms with E-state index in [0.717, 1.165) is 25.3 Å². The number of aromatic carboxylic acids is 1. The summed E-state index contributed by atoms with van der Waals surface area (Å²) in [6.45, 7) is 4.25. The molecule has 0 spiro atoms. The van der Waals surface area contributed by atoms with Gasteiger partial charge in [0.2, 0.25) is 0 Å². The highest BCUT2D eigenvalue weighted by atomic mass is 19.1. The first-order valence-corrected chi connectivity index (χ1v) is 7.24. The molecule has 1 aromatic carbocycles. The third-order valence-electron chi connectivity index (χ3n) is 4.48. The van der Waals surface area contributed by atoms with E-state index in [9.17, 15) is 14.0 Å². The van der Waals surface area contributed by atoms with Gasteiger partial charge in [0.15, 0.2) is 0 Å². The predicted molar refractivity (Wildman–Crippen MR) is 76.8 cm³/mol. The number of amides is 1. The van der Waals surface area contributed by atoms with Crippen LogP contribution in [0.4, 0.5) is 4.39 Å². The summed E-state index contributed by atoms with van der Waals surface area (Å²) in [5, 5.41) is 11.7. The third kappa shape index (κ3) is 3.40. The average molecular weight is 293 g/mol. The second-order valence-corrected chi connectivity index (χ2v) is 5.85. The maximum absolute atomic E-state index is 13.9. The number of carbonyl (C=O) groups excluding carboxylic acids is 1. The molecule has 0 saturated heterocycles. The van der Waals surface area contributed by atoms with Gasteiger partial charge in [0.05, 0.1) is 11.1 Å². The Hall–Kier alpha value is -1.91. The molecule has 1 amide bonds. The lowest BCUT2D eigenvalue weighted by atomic mass is 9.78. The lowest BCUT2D eigenvalue weighted by Crippen LogP contribution is -2.43. The average Bonchev–Trinajstić information content (AvgIpc) is 2.43. The molecule has 2 rings (SSSR count). The van der Waals surface area contributed by atoms with Crippen LogP contribution in [0.25, 0.3) is 0 Å². The van der Waals surface area contributed by atoms with Crippen LogP contribution in [-0.2, 0) is 0 Å². The van der Waals surface area contributed by atoms with Crippen LogP contribution < -0.4 is 5.32 Å². The normalized spacial score (nSPS) is 25.4. The largest absolute Gasteiger partial charge is 0.478 e. The van der Waals surface area contributed by atoms with E-state index in [1.54, 1.807) is 0 Å². The minimum atomic E-state index is -1.21. The van der Waals surface area contributed by atoms with E-state index >= 15 is 0 Å². The predicted octanol–water partition coefficient (Wildman–Crippen LogP) is 3.08. The number of nitrogens with one attached hydrogen (secondary N) is 1. The molecule has 3 unspecified atom stereocenters. The molecule has 1 saturated carbocycles. The maximum atomic E-state index is 13.9. The van der Waals surface area contributed by atoms with Crippen molar-refractivity contribution in [2.75, 3.05) is 0 Å². The van der Waals surface area contributed by atoms with Gasteiger partial charge in [0.25, 0.3) is 5.91 Å². The summed E-state index contributed by atoms with van der Waals surface area (Å²) in [4.78, 5) is 22.9. The Morgan fingerprint density at radius 2 is 2.00 bits per heavy atom. The van der Waals surface area contributed by atoms with E-state index in [0.29, 0.717) is 11.8 Å². The van der Waals surface area contributed by atoms with Crippen molar-refractivity contribution in [3.05, 3.63) is 35.1 Å². The van der Waals surface area contributed by atoms with Crippen LogP contribution in [0.1, 0.15) is 53.8 Å². The molecule has 1 fully saturated rings. The molecule has 2 N–H and O–H groups in total. The Morgan fingerprint density at radius 1 is 1.29 bits per heavy atom. The highest BCUT2D eigenvalue weighted by molar-refractivity contribution is 5.96. The Labute approximate surface area is 123 Å². The van der Waals surface area contributed by atoms with Crippen LogP contribution in [0, 0.1) is 17.7 Å². The van der Waals surface area contributed by atoms with Gasteiger partial charge in [-0.25, -0.2) is 9.18 Å². The first-order chi connectivity index (χ1) is 9.90. The number of rotatable bonds is 3. The monoisotopic (exact) mass is 293 g/mol.